The molecule has 0 saturated heterocycles. The maximum atomic E-state index is 9.66. The van der Waals surface area contributed by atoms with Crippen molar-refractivity contribution in [1.82, 2.24) is 4.57 Å². The van der Waals surface area contributed by atoms with Crippen molar-refractivity contribution in [3.63, 3.8) is 0 Å². The van der Waals surface area contributed by atoms with Crippen LogP contribution in [0, 0.1) is 6.92 Å². The van der Waals surface area contributed by atoms with E-state index in [0.29, 0.717) is 18.9 Å². The van der Waals surface area contributed by atoms with E-state index >= 15 is 0 Å². The lowest BCUT2D eigenvalue weighted by atomic mass is 10.2. The van der Waals surface area contributed by atoms with Gasteiger partial charge >= 0.3 is 0 Å². The van der Waals surface area contributed by atoms with Crippen molar-refractivity contribution in [2.24, 2.45) is 10.2 Å². The highest BCUT2D eigenvalue weighted by molar-refractivity contribution is 7.07. The van der Waals surface area contributed by atoms with Gasteiger partial charge in [-0.1, -0.05) is 6.08 Å². The Morgan fingerprint density at radius 1 is 1.45 bits per heavy atom. The highest BCUT2D eigenvalue weighted by atomic mass is 32.1. The van der Waals surface area contributed by atoms with Crippen LogP contribution in [0.3, 0.4) is 0 Å². The molecule has 0 atom stereocenters. The van der Waals surface area contributed by atoms with E-state index in [1.54, 1.807) is 24.4 Å². The number of hydrogen-bond acceptors (Lipinski definition) is 5. The van der Waals surface area contributed by atoms with Crippen LogP contribution >= 0.6 is 11.3 Å². The van der Waals surface area contributed by atoms with Crippen molar-refractivity contribution >= 4 is 17.6 Å². The molecule has 116 valence electrons. The molecule has 0 unspecified atom stereocenters. The van der Waals surface area contributed by atoms with E-state index in [2.05, 4.69) is 16.8 Å². The number of aryl methyl sites for hydroxylation is 1. The molecule has 0 bridgehead atoms. The lowest BCUT2D eigenvalue weighted by Gasteiger charge is -2.05. The second kappa shape index (κ2) is 7.61. The number of phenols is 1. The molecular weight excluding hydrogens is 298 g/mol. The standard InChI is InChI=1S/C16H19N3O2S/c1-4-8-19-12(3)11-22-16(19)18-17-10-13-6-7-14(20)15(9-13)21-5-2/h4,6-7,9-11,20H,1,5,8H2,2-3H3. The molecule has 0 amide bonds. The number of thiazole rings is 1. The van der Waals surface area contributed by atoms with Gasteiger partial charge in [0.2, 0.25) is 4.80 Å². The summed E-state index contributed by atoms with van der Waals surface area (Å²) in [6.45, 7) is 8.84. The van der Waals surface area contributed by atoms with E-state index in [1.807, 2.05) is 29.9 Å². The fourth-order valence-electron chi connectivity index (χ4n) is 1.87. The van der Waals surface area contributed by atoms with Gasteiger partial charge in [0.1, 0.15) is 0 Å². The number of aromatic hydroxyl groups is 1. The molecule has 22 heavy (non-hydrogen) atoms. The van der Waals surface area contributed by atoms with Crippen molar-refractivity contribution in [2.45, 2.75) is 20.4 Å². The number of ether oxygens (including phenoxy) is 1. The second-order valence-corrected chi connectivity index (χ2v) is 5.40. The fraction of sp³-hybridized carbons (Fsp3) is 0.250. The quantitative estimate of drug-likeness (QED) is 0.505. The predicted molar refractivity (Wildman–Crippen MR) is 89.7 cm³/mol. The van der Waals surface area contributed by atoms with Gasteiger partial charge in [0, 0.05) is 17.6 Å². The summed E-state index contributed by atoms with van der Waals surface area (Å²) in [6.07, 6.45) is 3.46. The van der Waals surface area contributed by atoms with Gasteiger partial charge in [0.15, 0.2) is 11.5 Å². The molecule has 0 radical (unpaired) electrons. The van der Waals surface area contributed by atoms with Crippen molar-refractivity contribution in [2.75, 3.05) is 6.61 Å². The van der Waals surface area contributed by atoms with Crippen molar-refractivity contribution in [1.29, 1.82) is 0 Å². The van der Waals surface area contributed by atoms with E-state index in [0.717, 1.165) is 16.1 Å². The van der Waals surface area contributed by atoms with E-state index < -0.39 is 0 Å². The Morgan fingerprint density at radius 2 is 2.27 bits per heavy atom. The van der Waals surface area contributed by atoms with Gasteiger partial charge in [-0.05, 0) is 37.6 Å². The summed E-state index contributed by atoms with van der Waals surface area (Å²) >= 11 is 1.54. The Kier molecular flexibility index (Phi) is 5.55. The number of benzene rings is 1. The maximum Gasteiger partial charge on any atom is 0.211 e. The number of hydrogen-bond donors (Lipinski definition) is 1. The van der Waals surface area contributed by atoms with E-state index in [9.17, 15) is 5.11 Å². The third kappa shape index (κ3) is 3.85. The van der Waals surface area contributed by atoms with Crippen molar-refractivity contribution < 1.29 is 9.84 Å². The molecule has 0 saturated carbocycles. The van der Waals surface area contributed by atoms with Gasteiger partial charge in [-0.3, -0.25) is 0 Å². The minimum Gasteiger partial charge on any atom is -0.504 e. The zero-order valence-corrected chi connectivity index (χ0v) is 13.5. The summed E-state index contributed by atoms with van der Waals surface area (Å²) < 4.78 is 7.38. The Labute approximate surface area is 133 Å². The van der Waals surface area contributed by atoms with Gasteiger partial charge in [0.05, 0.1) is 12.8 Å². The van der Waals surface area contributed by atoms with Crippen LogP contribution in [0.15, 0.2) is 46.4 Å². The molecule has 1 N–H and O–H groups in total. The average Bonchev–Trinajstić information content (AvgIpc) is 2.84. The summed E-state index contributed by atoms with van der Waals surface area (Å²) in [6, 6.07) is 5.07. The lowest BCUT2D eigenvalue weighted by Crippen LogP contribution is -2.14. The molecule has 0 aliphatic carbocycles. The van der Waals surface area contributed by atoms with E-state index in [-0.39, 0.29) is 5.75 Å². The molecule has 6 heteroatoms. The number of allylic oxidation sites excluding steroid dienone is 1. The summed E-state index contributed by atoms with van der Waals surface area (Å²) in [5, 5.41) is 20.1. The van der Waals surface area contributed by atoms with Crippen LogP contribution in [-0.2, 0) is 6.54 Å². The molecule has 0 aliphatic rings. The minimum atomic E-state index is 0.119. The largest absolute Gasteiger partial charge is 0.504 e. The van der Waals surface area contributed by atoms with Gasteiger partial charge in [-0.15, -0.1) is 23.0 Å². The number of rotatable bonds is 6. The zero-order valence-electron chi connectivity index (χ0n) is 12.7. The smallest absolute Gasteiger partial charge is 0.211 e. The first-order chi connectivity index (χ1) is 10.7. The Hall–Kier alpha value is -2.34. The van der Waals surface area contributed by atoms with Gasteiger partial charge in [0.25, 0.3) is 0 Å². The Balaban J connectivity index is 2.24. The second-order valence-electron chi connectivity index (χ2n) is 4.56. The SMILES string of the molecule is C=CCn1c(C)csc1=NN=Cc1ccc(O)c(OCC)c1. The molecule has 0 fully saturated rings. The molecule has 0 aliphatic heterocycles. The molecule has 2 rings (SSSR count). The minimum absolute atomic E-state index is 0.119. The first kappa shape index (κ1) is 16.0. The van der Waals surface area contributed by atoms with Crippen LogP contribution in [0.2, 0.25) is 0 Å². The fourth-order valence-corrected chi connectivity index (χ4v) is 2.72. The third-order valence-electron chi connectivity index (χ3n) is 2.94. The van der Waals surface area contributed by atoms with Crippen LogP contribution in [-0.4, -0.2) is 22.5 Å². The number of phenolic OH excluding ortho intramolecular Hbond substituents is 1. The number of nitrogens with zero attached hydrogens (tertiary/aromatic N) is 3. The maximum absolute atomic E-state index is 9.66. The van der Waals surface area contributed by atoms with Crippen molar-refractivity contribution in [3.8, 4) is 11.5 Å². The molecular formula is C16H19N3O2S. The van der Waals surface area contributed by atoms with Crippen LogP contribution in [0.1, 0.15) is 18.2 Å². The normalized spacial score (nSPS) is 12.0. The lowest BCUT2D eigenvalue weighted by molar-refractivity contribution is 0.318. The highest BCUT2D eigenvalue weighted by Gasteiger charge is 2.02. The molecule has 1 aromatic carbocycles. The summed E-state index contributed by atoms with van der Waals surface area (Å²) in [5.41, 5.74) is 1.94. The summed E-state index contributed by atoms with van der Waals surface area (Å²) in [5.74, 6) is 0.564. The monoisotopic (exact) mass is 317 g/mol. The molecule has 5 nitrogen and oxygen atoms in total. The van der Waals surface area contributed by atoms with Crippen LogP contribution in [0.5, 0.6) is 11.5 Å². The Bertz CT molecular complexity index is 744. The summed E-state index contributed by atoms with van der Waals surface area (Å²) in [4.78, 5) is 0.817. The predicted octanol–water partition coefficient (Wildman–Crippen LogP) is 3.08. The molecule has 2 aromatic rings. The van der Waals surface area contributed by atoms with E-state index in [4.69, 9.17) is 4.74 Å². The number of aromatic nitrogens is 1. The zero-order chi connectivity index (χ0) is 15.9. The Morgan fingerprint density at radius 3 is 3.00 bits per heavy atom. The first-order valence-corrected chi connectivity index (χ1v) is 7.82. The average molecular weight is 317 g/mol. The summed E-state index contributed by atoms with van der Waals surface area (Å²) in [7, 11) is 0. The van der Waals surface area contributed by atoms with E-state index in [1.165, 1.54) is 11.3 Å². The van der Waals surface area contributed by atoms with Gasteiger partial charge in [-0.25, -0.2) is 0 Å². The van der Waals surface area contributed by atoms with Crippen LogP contribution in [0.4, 0.5) is 0 Å². The highest BCUT2D eigenvalue weighted by Crippen LogP contribution is 2.26. The first-order valence-electron chi connectivity index (χ1n) is 6.94. The van der Waals surface area contributed by atoms with Crippen molar-refractivity contribution in [3.05, 3.63) is 52.3 Å². The molecule has 1 heterocycles. The molecule has 0 spiro atoms. The van der Waals surface area contributed by atoms with Gasteiger partial charge in [-0.2, -0.15) is 5.10 Å². The van der Waals surface area contributed by atoms with Crippen LogP contribution < -0.4 is 9.54 Å². The van der Waals surface area contributed by atoms with Crippen LogP contribution in [0.25, 0.3) is 0 Å². The third-order valence-corrected chi connectivity index (χ3v) is 3.91. The van der Waals surface area contributed by atoms with Gasteiger partial charge < -0.3 is 14.4 Å². The molecule has 1 aromatic heterocycles. The topological polar surface area (TPSA) is 59.1 Å².